The van der Waals surface area contributed by atoms with E-state index in [0.29, 0.717) is 19.1 Å². The average molecular weight is 259 g/mol. The summed E-state index contributed by atoms with van der Waals surface area (Å²) >= 11 is 0. The number of hydrogen-bond donors (Lipinski definition) is 1. The molecule has 1 aromatic carbocycles. The molecule has 4 nitrogen and oxygen atoms in total. The van der Waals surface area contributed by atoms with Gasteiger partial charge in [-0.1, -0.05) is 19.9 Å². The van der Waals surface area contributed by atoms with Crippen molar-refractivity contribution in [2.45, 2.75) is 20.3 Å². The highest BCUT2D eigenvalue weighted by Crippen LogP contribution is 2.19. The van der Waals surface area contributed by atoms with Crippen molar-refractivity contribution in [3.63, 3.8) is 0 Å². The van der Waals surface area contributed by atoms with Gasteiger partial charge in [-0.3, -0.25) is 0 Å². The van der Waals surface area contributed by atoms with Crippen molar-refractivity contribution in [2.75, 3.05) is 13.2 Å². The molecule has 4 heteroatoms. The first-order chi connectivity index (χ1) is 9.20. The minimum absolute atomic E-state index is 0.522. The molecule has 0 saturated heterocycles. The van der Waals surface area contributed by atoms with E-state index >= 15 is 0 Å². The van der Waals surface area contributed by atoms with Crippen molar-refractivity contribution in [3.8, 4) is 11.4 Å². The van der Waals surface area contributed by atoms with Gasteiger partial charge in [-0.2, -0.15) is 0 Å². The molecule has 19 heavy (non-hydrogen) atoms. The van der Waals surface area contributed by atoms with Crippen molar-refractivity contribution in [3.05, 3.63) is 42.5 Å². The molecule has 0 bridgehead atoms. The molecule has 0 radical (unpaired) electrons. The normalized spacial score (nSPS) is 10.9. The summed E-state index contributed by atoms with van der Waals surface area (Å²) in [6.07, 6.45) is 4.78. The van der Waals surface area contributed by atoms with Crippen molar-refractivity contribution in [2.24, 2.45) is 11.7 Å². The molecule has 1 aromatic heterocycles. The maximum Gasteiger partial charge on any atom is 0.121 e. The van der Waals surface area contributed by atoms with E-state index in [4.69, 9.17) is 10.5 Å². The van der Waals surface area contributed by atoms with Gasteiger partial charge in [-0.15, -0.1) is 0 Å². The molecular formula is C15H21N3O. The molecule has 0 aliphatic rings. The SMILES string of the molecule is CC(C)Cc1cncn1-c1cccc(OCCN)c1. The standard InChI is InChI=1S/C15H21N3O/c1-12(2)8-14-10-17-11-18(14)13-4-3-5-15(9-13)19-7-6-16/h3-5,9-12H,6-8,16H2,1-2H3. The number of rotatable bonds is 6. The van der Waals surface area contributed by atoms with E-state index in [9.17, 15) is 0 Å². The fourth-order valence-corrected chi connectivity index (χ4v) is 2.02. The van der Waals surface area contributed by atoms with Gasteiger partial charge < -0.3 is 15.0 Å². The highest BCUT2D eigenvalue weighted by atomic mass is 16.5. The first kappa shape index (κ1) is 13.6. The Morgan fingerprint density at radius 2 is 2.21 bits per heavy atom. The molecule has 0 aliphatic heterocycles. The average Bonchev–Trinajstić information content (AvgIpc) is 2.84. The van der Waals surface area contributed by atoms with Crippen molar-refractivity contribution < 1.29 is 4.74 Å². The zero-order valence-corrected chi connectivity index (χ0v) is 11.5. The fourth-order valence-electron chi connectivity index (χ4n) is 2.02. The molecule has 1 heterocycles. The highest BCUT2D eigenvalue weighted by Gasteiger charge is 2.07. The lowest BCUT2D eigenvalue weighted by Crippen LogP contribution is -2.10. The molecule has 0 saturated carbocycles. The van der Waals surface area contributed by atoms with E-state index in [-0.39, 0.29) is 0 Å². The zero-order chi connectivity index (χ0) is 13.7. The van der Waals surface area contributed by atoms with Crippen LogP contribution in [0.25, 0.3) is 5.69 Å². The lowest BCUT2D eigenvalue weighted by molar-refractivity contribution is 0.328. The Morgan fingerprint density at radius 3 is 2.95 bits per heavy atom. The minimum Gasteiger partial charge on any atom is -0.492 e. The Morgan fingerprint density at radius 1 is 1.37 bits per heavy atom. The van der Waals surface area contributed by atoms with Crippen molar-refractivity contribution in [1.82, 2.24) is 9.55 Å². The summed E-state index contributed by atoms with van der Waals surface area (Å²) in [5.41, 5.74) is 7.73. The van der Waals surface area contributed by atoms with Crippen LogP contribution in [-0.2, 0) is 6.42 Å². The molecule has 0 fully saturated rings. The van der Waals surface area contributed by atoms with Crippen LogP contribution >= 0.6 is 0 Å². The summed E-state index contributed by atoms with van der Waals surface area (Å²) in [7, 11) is 0. The smallest absolute Gasteiger partial charge is 0.121 e. The van der Waals surface area contributed by atoms with Crippen LogP contribution in [0.15, 0.2) is 36.8 Å². The fraction of sp³-hybridized carbons (Fsp3) is 0.400. The number of aromatic nitrogens is 2. The van der Waals surface area contributed by atoms with E-state index in [0.717, 1.165) is 17.9 Å². The third kappa shape index (κ3) is 3.58. The van der Waals surface area contributed by atoms with Crippen LogP contribution in [-0.4, -0.2) is 22.7 Å². The quantitative estimate of drug-likeness (QED) is 0.866. The van der Waals surface area contributed by atoms with Crippen LogP contribution in [0.1, 0.15) is 19.5 Å². The molecule has 0 amide bonds. The number of hydrogen-bond acceptors (Lipinski definition) is 3. The van der Waals surface area contributed by atoms with Gasteiger partial charge in [0.1, 0.15) is 12.4 Å². The van der Waals surface area contributed by atoms with E-state index < -0.39 is 0 Å². The van der Waals surface area contributed by atoms with Crippen LogP contribution in [0.5, 0.6) is 5.75 Å². The van der Waals surface area contributed by atoms with E-state index in [1.54, 1.807) is 0 Å². The molecule has 2 aromatic rings. The Hall–Kier alpha value is -1.81. The third-order valence-corrected chi connectivity index (χ3v) is 2.81. The molecule has 0 aliphatic carbocycles. The van der Waals surface area contributed by atoms with Crippen LogP contribution in [0.4, 0.5) is 0 Å². The molecule has 0 atom stereocenters. The van der Waals surface area contributed by atoms with Gasteiger partial charge in [0, 0.05) is 24.5 Å². The molecule has 2 N–H and O–H groups in total. The first-order valence-electron chi connectivity index (χ1n) is 6.65. The number of imidazole rings is 1. The Balaban J connectivity index is 2.23. The second-order valence-electron chi connectivity index (χ2n) is 4.99. The van der Waals surface area contributed by atoms with Gasteiger partial charge in [0.05, 0.1) is 12.0 Å². The van der Waals surface area contributed by atoms with Gasteiger partial charge in [0.15, 0.2) is 0 Å². The third-order valence-electron chi connectivity index (χ3n) is 2.81. The molecule has 102 valence electrons. The molecular weight excluding hydrogens is 238 g/mol. The number of ether oxygens (including phenoxy) is 1. The summed E-state index contributed by atoms with van der Waals surface area (Å²) in [5, 5.41) is 0. The highest BCUT2D eigenvalue weighted by molar-refractivity contribution is 5.40. The summed E-state index contributed by atoms with van der Waals surface area (Å²) < 4.78 is 7.66. The van der Waals surface area contributed by atoms with Gasteiger partial charge >= 0.3 is 0 Å². The summed E-state index contributed by atoms with van der Waals surface area (Å²) in [4.78, 5) is 4.25. The lowest BCUT2D eigenvalue weighted by atomic mass is 10.1. The molecule has 2 rings (SSSR count). The lowest BCUT2D eigenvalue weighted by Gasteiger charge is -2.11. The monoisotopic (exact) mass is 259 g/mol. The van der Waals surface area contributed by atoms with Gasteiger partial charge in [-0.25, -0.2) is 4.98 Å². The minimum atomic E-state index is 0.522. The van der Waals surface area contributed by atoms with Crippen LogP contribution in [0.2, 0.25) is 0 Å². The predicted octanol–water partition coefficient (Wildman–Crippen LogP) is 2.41. The van der Waals surface area contributed by atoms with Crippen molar-refractivity contribution in [1.29, 1.82) is 0 Å². The van der Waals surface area contributed by atoms with Crippen LogP contribution in [0.3, 0.4) is 0 Å². The van der Waals surface area contributed by atoms with E-state index in [1.165, 1.54) is 5.69 Å². The number of nitrogens with two attached hydrogens (primary N) is 1. The summed E-state index contributed by atoms with van der Waals surface area (Å²) in [5.74, 6) is 1.44. The van der Waals surface area contributed by atoms with Gasteiger partial charge in [-0.05, 0) is 24.5 Å². The second-order valence-corrected chi connectivity index (χ2v) is 4.99. The van der Waals surface area contributed by atoms with Crippen molar-refractivity contribution >= 4 is 0 Å². The Labute approximate surface area is 114 Å². The number of benzene rings is 1. The number of nitrogens with zero attached hydrogens (tertiary/aromatic N) is 2. The Bertz CT molecular complexity index is 520. The molecule has 0 unspecified atom stereocenters. The van der Waals surface area contributed by atoms with Crippen LogP contribution in [0, 0.1) is 5.92 Å². The largest absolute Gasteiger partial charge is 0.492 e. The maximum absolute atomic E-state index is 5.56. The maximum atomic E-state index is 5.56. The zero-order valence-electron chi connectivity index (χ0n) is 11.5. The van der Waals surface area contributed by atoms with Crippen LogP contribution < -0.4 is 10.5 Å². The topological polar surface area (TPSA) is 53.1 Å². The van der Waals surface area contributed by atoms with Gasteiger partial charge in [0.2, 0.25) is 0 Å². The van der Waals surface area contributed by atoms with E-state index in [1.807, 2.05) is 30.7 Å². The predicted molar refractivity (Wildman–Crippen MR) is 76.7 cm³/mol. The Kier molecular flexibility index (Phi) is 4.58. The van der Waals surface area contributed by atoms with Gasteiger partial charge in [0.25, 0.3) is 0 Å². The second kappa shape index (κ2) is 6.38. The summed E-state index contributed by atoms with van der Waals surface area (Å²) in [6, 6.07) is 8.00. The first-order valence-corrected chi connectivity index (χ1v) is 6.65. The molecule has 0 spiro atoms. The summed E-state index contributed by atoms with van der Waals surface area (Å²) in [6.45, 7) is 5.47. The van der Waals surface area contributed by atoms with E-state index in [2.05, 4.69) is 29.5 Å².